The maximum Gasteiger partial charge on any atom is 0.254 e. The van der Waals surface area contributed by atoms with Crippen LogP contribution in [0.25, 0.3) is 16.7 Å². The van der Waals surface area contributed by atoms with E-state index in [2.05, 4.69) is 29.7 Å². The fraction of sp³-hybridized carbons (Fsp3) is 0.231. The van der Waals surface area contributed by atoms with Gasteiger partial charge in [-0.1, -0.05) is 67.8 Å². The number of fused-ring (bicyclic) bond motifs is 1. The third-order valence-electron chi connectivity index (χ3n) is 5.37. The Balaban J connectivity index is 1.73. The van der Waals surface area contributed by atoms with Crippen LogP contribution in [0.4, 0.5) is 0 Å². The number of hydrogen-bond donors (Lipinski definition) is 0. The lowest BCUT2D eigenvalue weighted by molar-refractivity contribution is 0.0735. The summed E-state index contributed by atoms with van der Waals surface area (Å²) in [7, 11) is 0. The zero-order valence-corrected chi connectivity index (χ0v) is 18.4. The Morgan fingerprint density at radius 3 is 2.52 bits per heavy atom. The number of imidazole rings is 1. The maximum atomic E-state index is 13.4. The average molecular weight is 432 g/mol. The first kappa shape index (κ1) is 21.1. The molecule has 4 aromatic rings. The van der Waals surface area contributed by atoms with E-state index >= 15 is 0 Å². The summed E-state index contributed by atoms with van der Waals surface area (Å²) >= 11 is 6.15. The number of hydrogen-bond acceptors (Lipinski definition) is 2. The van der Waals surface area contributed by atoms with Gasteiger partial charge >= 0.3 is 0 Å². The van der Waals surface area contributed by atoms with E-state index in [0.29, 0.717) is 23.7 Å². The molecule has 4 nitrogen and oxygen atoms in total. The Bertz CT molecular complexity index is 1170. The molecule has 0 saturated carbocycles. The second-order valence-electron chi connectivity index (χ2n) is 7.63. The van der Waals surface area contributed by atoms with E-state index in [1.165, 1.54) is 0 Å². The van der Waals surface area contributed by atoms with E-state index in [1.54, 1.807) is 12.1 Å². The van der Waals surface area contributed by atoms with Crippen molar-refractivity contribution in [3.8, 4) is 5.69 Å². The van der Waals surface area contributed by atoms with Gasteiger partial charge in [-0.3, -0.25) is 9.36 Å². The Labute approximate surface area is 188 Å². The number of benzene rings is 3. The molecule has 0 saturated heterocycles. The summed E-state index contributed by atoms with van der Waals surface area (Å²) in [5, 5.41) is 0.566. The predicted molar refractivity (Wildman–Crippen MR) is 127 cm³/mol. The summed E-state index contributed by atoms with van der Waals surface area (Å²) in [5.74, 6) is 0.824. The number of carbonyl (C=O) groups is 1. The molecule has 0 unspecified atom stereocenters. The van der Waals surface area contributed by atoms with Crippen LogP contribution < -0.4 is 0 Å². The van der Waals surface area contributed by atoms with Crippen LogP contribution in [-0.4, -0.2) is 26.9 Å². The highest BCUT2D eigenvalue weighted by Gasteiger charge is 2.20. The molecular formula is C26H26ClN3O. The van der Waals surface area contributed by atoms with Gasteiger partial charge in [0, 0.05) is 22.8 Å². The molecule has 0 spiro atoms. The molecule has 0 fully saturated rings. The van der Waals surface area contributed by atoms with Crippen molar-refractivity contribution in [3.05, 3.63) is 95.3 Å². The number of unbranched alkanes of at least 4 members (excludes halogenated alkanes) is 2. The third-order valence-corrected chi connectivity index (χ3v) is 5.60. The monoisotopic (exact) mass is 431 g/mol. The lowest BCUT2D eigenvalue weighted by Gasteiger charge is -2.23. The number of carbonyl (C=O) groups excluding carboxylic acids is 1. The molecule has 0 aliphatic rings. The molecule has 158 valence electrons. The van der Waals surface area contributed by atoms with Gasteiger partial charge in [0.15, 0.2) is 0 Å². The fourth-order valence-corrected chi connectivity index (χ4v) is 4.02. The van der Waals surface area contributed by atoms with Crippen LogP contribution in [0.15, 0.2) is 78.9 Å². The summed E-state index contributed by atoms with van der Waals surface area (Å²) < 4.78 is 2.15. The highest BCUT2D eigenvalue weighted by molar-refractivity contribution is 6.30. The summed E-state index contributed by atoms with van der Waals surface area (Å²) in [5.41, 5.74) is 3.60. The molecule has 1 amide bonds. The Kier molecular flexibility index (Phi) is 6.68. The maximum absolute atomic E-state index is 13.4. The highest BCUT2D eigenvalue weighted by atomic mass is 35.5. The quantitative estimate of drug-likeness (QED) is 0.298. The molecule has 3 aromatic carbocycles. The minimum absolute atomic E-state index is 0.0229. The van der Waals surface area contributed by atoms with Crippen molar-refractivity contribution in [1.29, 1.82) is 0 Å². The summed E-state index contributed by atoms with van der Waals surface area (Å²) in [4.78, 5) is 20.2. The predicted octanol–water partition coefficient (Wildman–Crippen LogP) is 6.51. The standard InChI is InChI=1S/C26H26ClN3O/c1-2-3-9-17-29(26(31)20-11-10-12-21(27)18-20)19-25-28-23-15-7-8-16-24(23)30(25)22-13-5-4-6-14-22/h4-8,10-16,18H,2-3,9,17,19H2,1H3. The lowest BCUT2D eigenvalue weighted by Crippen LogP contribution is -2.32. The van der Waals surface area contributed by atoms with Crippen molar-refractivity contribution >= 4 is 28.5 Å². The van der Waals surface area contributed by atoms with Gasteiger partial charge in [0.1, 0.15) is 5.82 Å². The van der Waals surface area contributed by atoms with Gasteiger partial charge < -0.3 is 4.90 Å². The van der Waals surface area contributed by atoms with Crippen molar-refractivity contribution in [1.82, 2.24) is 14.5 Å². The van der Waals surface area contributed by atoms with Crippen LogP contribution in [0.3, 0.4) is 0 Å². The number of para-hydroxylation sites is 3. The van der Waals surface area contributed by atoms with Gasteiger partial charge in [0.05, 0.1) is 17.6 Å². The van der Waals surface area contributed by atoms with Gasteiger partial charge in [-0.2, -0.15) is 0 Å². The van der Waals surface area contributed by atoms with Crippen molar-refractivity contribution in [2.24, 2.45) is 0 Å². The van der Waals surface area contributed by atoms with E-state index in [0.717, 1.165) is 41.8 Å². The van der Waals surface area contributed by atoms with E-state index in [9.17, 15) is 4.79 Å². The van der Waals surface area contributed by atoms with E-state index in [-0.39, 0.29) is 5.91 Å². The van der Waals surface area contributed by atoms with Crippen LogP contribution in [0, 0.1) is 0 Å². The van der Waals surface area contributed by atoms with Crippen molar-refractivity contribution in [2.75, 3.05) is 6.54 Å². The first-order chi connectivity index (χ1) is 15.2. The zero-order valence-electron chi connectivity index (χ0n) is 17.7. The first-order valence-electron chi connectivity index (χ1n) is 10.7. The molecule has 5 heteroatoms. The van der Waals surface area contributed by atoms with E-state index in [1.807, 2.05) is 53.4 Å². The van der Waals surface area contributed by atoms with Crippen molar-refractivity contribution in [3.63, 3.8) is 0 Å². The van der Waals surface area contributed by atoms with Crippen molar-refractivity contribution < 1.29 is 4.79 Å². The molecule has 0 aliphatic carbocycles. The Hall–Kier alpha value is -3.11. The minimum atomic E-state index is -0.0229. The Morgan fingerprint density at radius 2 is 1.74 bits per heavy atom. The number of nitrogens with zero attached hydrogens (tertiary/aromatic N) is 3. The van der Waals surface area contributed by atoms with Crippen LogP contribution in [0.5, 0.6) is 0 Å². The van der Waals surface area contributed by atoms with Crippen molar-refractivity contribution in [2.45, 2.75) is 32.7 Å². The number of aromatic nitrogens is 2. The van der Waals surface area contributed by atoms with Crippen LogP contribution in [-0.2, 0) is 6.54 Å². The molecule has 1 aromatic heterocycles. The fourth-order valence-electron chi connectivity index (χ4n) is 3.83. The number of halogens is 1. The molecule has 1 heterocycles. The van der Waals surface area contributed by atoms with Crippen LogP contribution in [0.1, 0.15) is 42.4 Å². The summed E-state index contributed by atoms with van der Waals surface area (Å²) in [6.45, 7) is 3.27. The molecular weight excluding hydrogens is 406 g/mol. The third kappa shape index (κ3) is 4.80. The molecule has 31 heavy (non-hydrogen) atoms. The SMILES string of the molecule is CCCCCN(Cc1nc2ccccc2n1-c1ccccc1)C(=O)c1cccc(Cl)c1. The molecule has 4 rings (SSSR count). The van der Waals surface area contributed by atoms with Gasteiger partial charge in [0.25, 0.3) is 5.91 Å². The molecule has 0 N–H and O–H groups in total. The number of rotatable bonds is 8. The second kappa shape index (κ2) is 9.80. The van der Waals surface area contributed by atoms with Gasteiger partial charge in [0.2, 0.25) is 0 Å². The van der Waals surface area contributed by atoms with Gasteiger partial charge in [-0.15, -0.1) is 0 Å². The van der Waals surface area contributed by atoms with E-state index < -0.39 is 0 Å². The summed E-state index contributed by atoms with van der Waals surface area (Å²) in [6, 6.07) is 25.4. The van der Waals surface area contributed by atoms with Gasteiger partial charge in [-0.25, -0.2) is 4.98 Å². The first-order valence-corrected chi connectivity index (χ1v) is 11.1. The van der Waals surface area contributed by atoms with Gasteiger partial charge in [-0.05, 0) is 48.9 Å². The van der Waals surface area contributed by atoms with Crippen LogP contribution >= 0.6 is 11.6 Å². The zero-order chi connectivity index (χ0) is 21.6. The second-order valence-corrected chi connectivity index (χ2v) is 8.07. The average Bonchev–Trinajstić information content (AvgIpc) is 3.16. The topological polar surface area (TPSA) is 38.1 Å². The lowest BCUT2D eigenvalue weighted by atomic mass is 10.1. The minimum Gasteiger partial charge on any atom is -0.331 e. The smallest absolute Gasteiger partial charge is 0.254 e. The molecule has 0 radical (unpaired) electrons. The highest BCUT2D eigenvalue weighted by Crippen LogP contribution is 2.23. The Morgan fingerprint density at radius 1 is 0.968 bits per heavy atom. The molecule has 0 aliphatic heterocycles. The number of amides is 1. The molecule has 0 atom stereocenters. The van der Waals surface area contributed by atoms with Crippen LogP contribution in [0.2, 0.25) is 5.02 Å². The van der Waals surface area contributed by atoms with E-state index in [4.69, 9.17) is 16.6 Å². The summed E-state index contributed by atoms with van der Waals surface area (Å²) in [6.07, 6.45) is 3.13. The molecule has 0 bridgehead atoms. The normalized spacial score (nSPS) is 11.0. The largest absolute Gasteiger partial charge is 0.331 e.